The first kappa shape index (κ1) is 19.5. The van der Waals surface area contributed by atoms with E-state index < -0.39 is 17.1 Å². The summed E-state index contributed by atoms with van der Waals surface area (Å²) in [6.45, 7) is 1.82. The molecular weight excluding hydrogens is 307 g/mol. The van der Waals surface area contributed by atoms with Crippen molar-refractivity contribution in [2.24, 2.45) is 5.73 Å². The number of nitrogens with two attached hydrogens (primary N) is 1. The van der Waals surface area contributed by atoms with Gasteiger partial charge in [-0.3, -0.25) is 10.1 Å². The minimum Gasteiger partial charge on any atom is -0.475 e. The molecule has 0 aliphatic heterocycles. The van der Waals surface area contributed by atoms with E-state index in [1.807, 2.05) is 6.92 Å². The number of nitro benzene ring substituents is 1. The van der Waals surface area contributed by atoms with Crippen LogP contribution in [-0.2, 0) is 4.79 Å². The minimum absolute atomic E-state index is 0.0346. The van der Waals surface area contributed by atoms with Crippen LogP contribution in [0, 0.1) is 15.5 Å². The average Bonchev–Trinajstić information content (AvgIpc) is 2.37. The lowest BCUT2D eigenvalue weighted by Gasteiger charge is -2.06. The van der Waals surface area contributed by atoms with Gasteiger partial charge in [0.1, 0.15) is 0 Å². The summed E-state index contributed by atoms with van der Waals surface area (Å²) in [6.07, 6.45) is -4.61. The molecule has 0 fully saturated rings. The van der Waals surface area contributed by atoms with Gasteiger partial charge in [-0.15, -0.1) is 0 Å². The maximum absolute atomic E-state index is 10.6. The number of carboxylic acids is 1. The largest absolute Gasteiger partial charge is 0.490 e. The Morgan fingerprint density at radius 3 is 2.09 bits per heavy atom. The van der Waals surface area contributed by atoms with Crippen molar-refractivity contribution in [1.82, 2.24) is 0 Å². The van der Waals surface area contributed by atoms with Crippen molar-refractivity contribution in [3.8, 4) is 0 Å². The fraction of sp³-hybridized carbons (Fsp3) is 0.333. The van der Waals surface area contributed by atoms with Gasteiger partial charge in [0.05, 0.1) is 4.92 Å². The van der Waals surface area contributed by atoms with Gasteiger partial charge >= 0.3 is 12.1 Å². The second kappa shape index (κ2) is 8.08. The number of rotatable bonds is 4. The molecule has 0 aromatic heterocycles. The number of hydrogen-bond donors (Lipinski definition) is 3. The van der Waals surface area contributed by atoms with Gasteiger partial charge in [0.2, 0.25) is 0 Å². The number of carboxylic acid groups (broad SMARTS) is 1. The molecule has 0 bridgehead atoms. The summed E-state index contributed by atoms with van der Waals surface area (Å²) >= 11 is 0. The lowest BCUT2D eigenvalue weighted by Crippen LogP contribution is -2.21. The first-order chi connectivity index (χ1) is 9.95. The predicted octanol–water partition coefficient (Wildman–Crippen LogP) is 2.33. The van der Waals surface area contributed by atoms with Crippen LogP contribution in [0.15, 0.2) is 24.3 Å². The van der Waals surface area contributed by atoms with Crippen molar-refractivity contribution in [1.29, 1.82) is 5.41 Å². The van der Waals surface area contributed by atoms with Gasteiger partial charge in [-0.25, -0.2) is 4.79 Å². The number of carbonyl (C=O) groups is 1. The number of benzene rings is 1. The molecule has 0 unspecified atom stereocenters. The Morgan fingerprint density at radius 2 is 1.82 bits per heavy atom. The van der Waals surface area contributed by atoms with Crippen molar-refractivity contribution >= 4 is 17.4 Å². The molecule has 4 N–H and O–H groups in total. The Labute approximate surface area is 123 Å². The Morgan fingerprint density at radius 1 is 1.41 bits per heavy atom. The summed E-state index contributed by atoms with van der Waals surface area (Å²) in [4.78, 5) is 18.8. The standard InChI is InChI=1S/C10H13N3O2.C2HF3O2/c1-7(11)6-10(12)8-2-4-9(5-3-8)13(14)15;3-2(4,5)1(6)7/h2-5,7,12H,6,11H2,1H3;(H,6,7)/t7-;/m1./s1. The van der Waals surface area contributed by atoms with E-state index in [-0.39, 0.29) is 11.7 Å². The molecule has 0 aliphatic rings. The average molecular weight is 321 g/mol. The number of non-ortho nitro benzene ring substituents is 1. The van der Waals surface area contributed by atoms with Gasteiger partial charge in [0.15, 0.2) is 0 Å². The molecule has 0 spiro atoms. The minimum atomic E-state index is -5.08. The molecule has 122 valence electrons. The molecule has 1 atom stereocenters. The smallest absolute Gasteiger partial charge is 0.475 e. The number of hydrogen-bond acceptors (Lipinski definition) is 5. The number of alkyl halides is 3. The highest BCUT2D eigenvalue weighted by Gasteiger charge is 2.38. The normalized spacial score (nSPS) is 11.9. The Hall–Kier alpha value is -2.49. The third-order valence-electron chi connectivity index (χ3n) is 2.20. The van der Waals surface area contributed by atoms with Crippen LogP contribution >= 0.6 is 0 Å². The van der Waals surface area contributed by atoms with E-state index in [9.17, 15) is 23.3 Å². The molecule has 10 heteroatoms. The summed E-state index contributed by atoms with van der Waals surface area (Å²) in [5.41, 5.74) is 6.68. The van der Waals surface area contributed by atoms with E-state index in [1.165, 1.54) is 12.1 Å². The highest BCUT2D eigenvalue weighted by atomic mass is 19.4. The van der Waals surface area contributed by atoms with Gasteiger partial charge in [-0.1, -0.05) is 0 Å². The summed E-state index contributed by atoms with van der Waals surface area (Å²) in [6, 6.07) is 5.86. The number of nitro groups is 1. The molecule has 7 nitrogen and oxygen atoms in total. The first-order valence-corrected chi connectivity index (χ1v) is 5.83. The molecule has 1 aromatic carbocycles. The third kappa shape index (κ3) is 7.33. The summed E-state index contributed by atoms with van der Waals surface area (Å²) in [7, 11) is 0. The van der Waals surface area contributed by atoms with Crippen molar-refractivity contribution in [2.45, 2.75) is 25.6 Å². The Kier molecular flexibility index (Phi) is 7.16. The van der Waals surface area contributed by atoms with Crippen LogP contribution in [0.25, 0.3) is 0 Å². The van der Waals surface area contributed by atoms with Crippen LogP contribution in [0.2, 0.25) is 0 Å². The second-order valence-electron chi connectivity index (χ2n) is 4.27. The highest BCUT2D eigenvalue weighted by molar-refractivity contribution is 5.98. The van der Waals surface area contributed by atoms with Crippen molar-refractivity contribution in [3.63, 3.8) is 0 Å². The van der Waals surface area contributed by atoms with Crippen molar-refractivity contribution in [3.05, 3.63) is 39.9 Å². The van der Waals surface area contributed by atoms with E-state index in [4.69, 9.17) is 21.0 Å². The molecule has 0 radical (unpaired) electrons. The summed E-state index contributed by atoms with van der Waals surface area (Å²) < 4.78 is 31.7. The fourth-order valence-electron chi connectivity index (χ4n) is 1.22. The lowest BCUT2D eigenvalue weighted by atomic mass is 10.0. The van der Waals surface area contributed by atoms with Crippen LogP contribution in [0.5, 0.6) is 0 Å². The summed E-state index contributed by atoms with van der Waals surface area (Å²) in [5.74, 6) is -2.76. The van der Waals surface area contributed by atoms with E-state index >= 15 is 0 Å². The molecule has 1 aromatic rings. The van der Waals surface area contributed by atoms with Crippen LogP contribution in [0.3, 0.4) is 0 Å². The van der Waals surface area contributed by atoms with Crippen LogP contribution in [0.1, 0.15) is 18.9 Å². The molecule has 0 saturated carbocycles. The van der Waals surface area contributed by atoms with E-state index in [0.29, 0.717) is 17.7 Å². The summed E-state index contributed by atoms with van der Waals surface area (Å²) in [5, 5.41) is 25.2. The van der Waals surface area contributed by atoms with E-state index in [1.54, 1.807) is 12.1 Å². The van der Waals surface area contributed by atoms with Gasteiger partial charge in [-0.2, -0.15) is 13.2 Å². The molecule has 1 rings (SSSR count). The zero-order chi connectivity index (χ0) is 17.5. The predicted molar refractivity (Wildman–Crippen MR) is 71.9 cm³/mol. The SMILES string of the molecule is C[C@@H](N)CC(=N)c1ccc([N+](=O)[O-])cc1.O=C(O)C(F)(F)F. The monoisotopic (exact) mass is 321 g/mol. The maximum Gasteiger partial charge on any atom is 0.490 e. The number of nitrogens with one attached hydrogen (secondary N) is 1. The first-order valence-electron chi connectivity index (χ1n) is 5.83. The van der Waals surface area contributed by atoms with Gasteiger partial charge in [0.25, 0.3) is 5.69 Å². The van der Waals surface area contributed by atoms with Gasteiger partial charge < -0.3 is 16.2 Å². The van der Waals surface area contributed by atoms with Crippen molar-refractivity contribution in [2.75, 3.05) is 0 Å². The zero-order valence-electron chi connectivity index (χ0n) is 11.4. The van der Waals surface area contributed by atoms with E-state index in [0.717, 1.165) is 0 Å². The topological polar surface area (TPSA) is 130 Å². The lowest BCUT2D eigenvalue weighted by molar-refractivity contribution is -0.384. The highest BCUT2D eigenvalue weighted by Crippen LogP contribution is 2.14. The van der Waals surface area contributed by atoms with Crippen molar-refractivity contribution < 1.29 is 28.0 Å². The number of nitrogens with zero attached hydrogens (tertiary/aromatic N) is 1. The molecular formula is C12H14F3N3O4. The molecule has 0 amide bonds. The molecule has 0 heterocycles. The van der Waals surface area contributed by atoms with Crippen LogP contribution in [-0.4, -0.2) is 33.9 Å². The Balaban J connectivity index is 0.000000534. The molecule has 0 saturated heterocycles. The quantitative estimate of drug-likeness (QED) is 0.445. The number of halogens is 3. The van der Waals surface area contributed by atoms with Gasteiger partial charge in [-0.05, 0) is 24.6 Å². The molecule has 22 heavy (non-hydrogen) atoms. The van der Waals surface area contributed by atoms with Crippen LogP contribution in [0.4, 0.5) is 18.9 Å². The zero-order valence-corrected chi connectivity index (χ0v) is 11.4. The van der Waals surface area contributed by atoms with E-state index in [2.05, 4.69) is 0 Å². The fourth-order valence-corrected chi connectivity index (χ4v) is 1.22. The van der Waals surface area contributed by atoms with Gasteiger partial charge in [0, 0.05) is 30.3 Å². The second-order valence-corrected chi connectivity index (χ2v) is 4.27. The number of aliphatic carboxylic acids is 1. The molecule has 0 aliphatic carbocycles. The van der Waals surface area contributed by atoms with Crippen LogP contribution < -0.4 is 5.73 Å². The Bertz CT molecular complexity index is 542. The maximum atomic E-state index is 10.6. The third-order valence-corrected chi connectivity index (χ3v) is 2.20.